The van der Waals surface area contributed by atoms with Crippen LogP contribution in [0.4, 0.5) is 10.7 Å². The van der Waals surface area contributed by atoms with Crippen molar-refractivity contribution in [2.75, 3.05) is 23.8 Å². The molecule has 0 atom stereocenters. The molecule has 3 rings (SSSR count). The van der Waals surface area contributed by atoms with Crippen molar-refractivity contribution < 1.29 is 22.7 Å². The molecule has 150 valence electrons. The van der Waals surface area contributed by atoms with Gasteiger partial charge < -0.3 is 10.1 Å². The molecule has 0 saturated heterocycles. The number of methoxy groups -OCH3 is 1. The number of para-hydroxylation sites is 1. The first-order chi connectivity index (χ1) is 13.8. The summed E-state index contributed by atoms with van der Waals surface area (Å²) in [7, 11) is -1.03. The number of hydrogen-bond acceptors (Lipinski definition) is 6. The smallest absolute Gasteiger partial charge is 0.340 e. The molecule has 1 amide bonds. The van der Waals surface area contributed by atoms with E-state index in [1.54, 1.807) is 41.8 Å². The number of sulfonamides is 1. The highest BCUT2D eigenvalue weighted by molar-refractivity contribution is 7.92. The van der Waals surface area contributed by atoms with Crippen LogP contribution in [-0.2, 0) is 14.8 Å². The minimum atomic E-state index is -3.76. The van der Waals surface area contributed by atoms with Crippen LogP contribution in [-0.4, -0.2) is 34.5 Å². The molecule has 2 aromatic carbocycles. The van der Waals surface area contributed by atoms with Gasteiger partial charge in [-0.2, -0.15) is 0 Å². The third-order valence-electron chi connectivity index (χ3n) is 4.19. The lowest BCUT2D eigenvalue weighted by Crippen LogP contribution is -2.26. The Balaban J connectivity index is 1.79. The molecule has 3 aromatic rings. The molecule has 0 aliphatic rings. The topological polar surface area (TPSA) is 92.8 Å². The average molecular weight is 431 g/mol. The van der Waals surface area contributed by atoms with E-state index in [1.165, 1.54) is 54.1 Å². The molecule has 0 radical (unpaired) electrons. The van der Waals surface area contributed by atoms with Crippen LogP contribution in [0.5, 0.6) is 0 Å². The van der Waals surface area contributed by atoms with E-state index in [-0.39, 0.29) is 16.0 Å². The van der Waals surface area contributed by atoms with Crippen LogP contribution in [0.25, 0.3) is 0 Å². The molecule has 7 nitrogen and oxygen atoms in total. The summed E-state index contributed by atoms with van der Waals surface area (Å²) in [4.78, 5) is 24.2. The van der Waals surface area contributed by atoms with Crippen LogP contribution in [0.3, 0.4) is 0 Å². The largest absolute Gasteiger partial charge is 0.465 e. The van der Waals surface area contributed by atoms with Crippen molar-refractivity contribution in [2.24, 2.45) is 0 Å². The maximum Gasteiger partial charge on any atom is 0.340 e. The highest BCUT2D eigenvalue weighted by atomic mass is 32.2. The number of carbonyl (C=O) groups excluding carboxylic acids is 2. The molecule has 0 fully saturated rings. The molecule has 0 aliphatic heterocycles. The number of nitrogens with one attached hydrogen (secondary N) is 1. The number of nitrogens with zero attached hydrogens (tertiary/aromatic N) is 1. The van der Waals surface area contributed by atoms with Crippen molar-refractivity contribution in [1.29, 1.82) is 0 Å². The Labute approximate surface area is 172 Å². The number of carbonyl (C=O) groups is 2. The van der Waals surface area contributed by atoms with Gasteiger partial charge in [0.2, 0.25) is 0 Å². The molecule has 1 N–H and O–H groups in total. The van der Waals surface area contributed by atoms with Crippen LogP contribution in [0.15, 0.2) is 70.9 Å². The Bertz CT molecular complexity index is 1120. The molecule has 0 saturated carbocycles. The fraction of sp³-hybridized carbons (Fsp3) is 0.100. The number of ether oxygens (including phenoxy) is 1. The first-order valence-corrected chi connectivity index (χ1v) is 10.8. The van der Waals surface area contributed by atoms with Crippen LogP contribution in [0.1, 0.15) is 20.7 Å². The standard InChI is InChI=1S/C20H18N2O5S2/c1-22(15-6-4-3-5-7-15)29(25,26)16-10-8-14(9-11-16)18(23)21-19-17(12-13-28-19)20(24)27-2/h3-13H,1-2H3,(H,21,23). The fourth-order valence-electron chi connectivity index (χ4n) is 2.57. The van der Waals surface area contributed by atoms with Crippen LogP contribution >= 0.6 is 11.3 Å². The van der Waals surface area contributed by atoms with Crippen molar-refractivity contribution >= 4 is 43.9 Å². The van der Waals surface area contributed by atoms with Crippen LogP contribution in [0.2, 0.25) is 0 Å². The van der Waals surface area contributed by atoms with Crippen LogP contribution in [0, 0.1) is 0 Å². The van der Waals surface area contributed by atoms with Gasteiger partial charge in [0.05, 0.1) is 23.3 Å². The molecule has 1 aromatic heterocycles. The predicted octanol–water partition coefficient (Wildman–Crippen LogP) is 3.61. The minimum absolute atomic E-state index is 0.0618. The zero-order chi connectivity index (χ0) is 21.0. The number of hydrogen-bond donors (Lipinski definition) is 1. The van der Waals surface area contributed by atoms with E-state index in [0.717, 1.165) is 0 Å². The Morgan fingerprint density at radius 1 is 1.00 bits per heavy atom. The molecule has 0 aliphatic carbocycles. The maximum absolute atomic E-state index is 12.8. The third kappa shape index (κ3) is 4.30. The van der Waals surface area contributed by atoms with E-state index < -0.39 is 21.9 Å². The normalized spacial score (nSPS) is 11.0. The number of thiophene rings is 1. The lowest BCUT2D eigenvalue weighted by molar-refractivity contribution is 0.0602. The molecule has 9 heteroatoms. The van der Waals surface area contributed by atoms with E-state index in [0.29, 0.717) is 10.7 Å². The van der Waals surface area contributed by atoms with Crippen molar-refractivity contribution in [3.8, 4) is 0 Å². The Morgan fingerprint density at radius 3 is 2.28 bits per heavy atom. The van der Waals surface area contributed by atoms with Crippen molar-refractivity contribution in [3.05, 3.63) is 77.2 Å². The maximum atomic E-state index is 12.8. The number of rotatable bonds is 6. The monoisotopic (exact) mass is 430 g/mol. The summed E-state index contributed by atoms with van der Waals surface area (Å²) < 4.78 is 31.5. The summed E-state index contributed by atoms with van der Waals surface area (Å²) in [6.07, 6.45) is 0. The van der Waals surface area contributed by atoms with Crippen molar-refractivity contribution in [3.63, 3.8) is 0 Å². The van der Waals surface area contributed by atoms with Crippen molar-refractivity contribution in [1.82, 2.24) is 0 Å². The molecular weight excluding hydrogens is 412 g/mol. The molecule has 1 heterocycles. The lowest BCUT2D eigenvalue weighted by Gasteiger charge is -2.19. The van der Waals surface area contributed by atoms with Gasteiger partial charge in [-0.15, -0.1) is 11.3 Å². The van der Waals surface area contributed by atoms with E-state index in [2.05, 4.69) is 10.1 Å². The number of benzene rings is 2. The Morgan fingerprint density at radius 2 is 1.66 bits per heavy atom. The predicted molar refractivity (Wildman–Crippen MR) is 112 cm³/mol. The van der Waals surface area contributed by atoms with Gasteiger partial charge in [0.25, 0.3) is 15.9 Å². The fourth-order valence-corrected chi connectivity index (χ4v) is 4.53. The summed E-state index contributed by atoms with van der Waals surface area (Å²) in [5, 5.41) is 4.67. The molecule has 0 unspecified atom stereocenters. The molecular formula is C20H18N2O5S2. The summed E-state index contributed by atoms with van der Waals surface area (Å²) in [5.74, 6) is -1.01. The van der Waals surface area contributed by atoms with Crippen molar-refractivity contribution in [2.45, 2.75) is 4.90 Å². The van der Waals surface area contributed by atoms with Gasteiger partial charge in [-0.05, 0) is 47.8 Å². The molecule has 0 bridgehead atoms. The quantitative estimate of drug-likeness (QED) is 0.603. The second-order valence-corrected chi connectivity index (χ2v) is 8.83. The zero-order valence-corrected chi connectivity index (χ0v) is 17.3. The van der Waals surface area contributed by atoms with E-state index in [4.69, 9.17) is 0 Å². The Hall–Kier alpha value is -3.17. The van der Waals surface area contributed by atoms with Gasteiger partial charge in [-0.1, -0.05) is 18.2 Å². The summed E-state index contributed by atoms with van der Waals surface area (Å²) in [6.45, 7) is 0. The lowest BCUT2D eigenvalue weighted by atomic mass is 10.2. The van der Waals surface area contributed by atoms with Gasteiger partial charge in [0.15, 0.2) is 0 Å². The minimum Gasteiger partial charge on any atom is -0.465 e. The average Bonchev–Trinajstić information content (AvgIpc) is 3.21. The summed E-state index contributed by atoms with van der Waals surface area (Å²) >= 11 is 1.19. The first kappa shape index (κ1) is 20.6. The highest BCUT2D eigenvalue weighted by Crippen LogP contribution is 2.25. The molecule has 29 heavy (non-hydrogen) atoms. The second kappa shape index (κ2) is 8.46. The van der Waals surface area contributed by atoms with Crippen LogP contribution < -0.4 is 9.62 Å². The summed E-state index contributed by atoms with van der Waals surface area (Å²) in [5.41, 5.74) is 1.05. The first-order valence-electron chi connectivity index (χ1n) is 8.46. The van der Waals surface area contributed by atoms with Gasteiger partial charge in [0.1, 0.15) is 5.00 Å². The van der Waals surface area contributed by atoms with E-state index in [9.17, 15) is 18.0 Å². The van der Waals surface area contributed by atoms with E-state index >= 15 is 0 Å². The van der Waals surface area contributed by atoms with Gasteiger partial charge in [0, 0.05) is 12.6 Å². The molecule has 0 spiro atoms. The Kier molecular flexibility index (Phi) is 6.00. The third-order valence-corrected chi connectivity index (χ3v) is 6.82. The summed E-state index contributed by atoms with van der Waals surface area (Å²) in [6, 6.07) is 15.8. The number of esters is 1. The number of amides is 1. The van der Waals surface area contributed by atoms with Gasteiger partial charge >= 0.3 is 5.97 Å². The SMILES string of the molecule is COC(=O)c1ccsc1NC(=O)c1ccc(S(=O)(=O)N(C)c2ccccc2)cc1. The van der Waals surface area contributed by atoms with Gasteiger partial charge in [-0.3, -0.25) is 9.10 Å². The zero-order valence-electron chi connectivity index (χ0n) is 15.7. The van der Waals surface area contributed by atoms with E-state index in [1.807, 2.05) is 0 Å². The van der Waals surface area contributed by atoms with Gasteiger partial charge in [-0.25, -0.2) is 13.2 Å². The highest BCUT2D eigenvalue weighted by Gasteiger charge is 2.22. The second-order valence-electron chi connectivity index (χ2n) is 5.94. The number of anilines is 2.